The smallest absolute Gasteiger partial charge is 0.251 e. The van der Waals surface area contributed by atoms with Crippen molar-refractivity contribution >= 4 is 41.0 Å². The van der Waals surface area contributed by atoms with Crippen molar-refractivity contribution in [1.82, 2.24) is 5.32 Å². The molecule has 2 amide bonds. The normalized spacial score (nSPS) is 19.9. The van der Waals surface area contributed by atoms with Crippen LogP contribution in [0.25, 0.3) is 0 Å². The predicted molar refractivity (Wildman–Crippen MR) is 73.2 cm³/mol. The molecule has 0 spiro atoms. The number of thiocarbonyl (C=S) groups is 1. The number of amides is 2. The van der Waals surface area contributed by atoms with Crippen molar-refractivity contribution in [3.05, 3.63) is 29.8 Å². The van der Waals surface area contributed by atoms with E-state index in [1.165, 1.54) is 4.90 Å². The fourth-order valence-electron chi connectivity index (χ4n) is 1.73. The molecule has 1 saturated heterocycles. The molecule has 1 heterocycles. The van der Waals surface area contributed by atoms with Gasteiger partial charge in [-0.25, -0.2) is 0 Å². The standard InChI is InChI=1S/C12H11N3O3S/c1-7-2-4-8(5-3-7)15-11(17)9(6-13-18)10(16)14-12(15)19/h2-6,9,18H,1H3,(H,14,16,19)/t9-/m1/s1. The number of nitrogens with one attached hydrogen (secondary N) is 1. The summed E-state index contributed by atoms with van der Waals surface area (Å²) in [6.07, 6.45) is 0.876. The van der Waals surface area contributed by atoms with Gasteiger partial charge in [0.25, 0.3) is 5.91 Å². The molecule has 0 radical (unpaired) electrons. The van der Waals surface area contributed by atoms with Crippen molar-refractivity contribution in [2.45, 2.75) is 6.92 Å². The zero-order valence-corrected chi connectivity index (χ0v) is 10.8. The van der Waals surface area contributed by atoms with Gasteiger partial charge in [-0.15, -0.1) is 5.16 Å². The molecule has 0 bridgehead atoms. The first kappa shape index (κ1) is 13.2. The first-order valence-electron chi connectivity index (χ1n) is 5.47. The van der Waals surface area contributed by atoms with Crippen LogP contribution in [0, 0.1) is 12.8 Å². The number of aryl methyl sites for hydroxylation is 1. The first-order chi connectivity index (χ1) is 9.04. The molecule has 19 heavy (non-hydrogen) atoms. The average Bonchev–Trinajstić information content (AvgIpc) is 2.36. The molecule has 0 aromatic heterocycles. The zero-order chi connectivity index (χ0) is 14.0. The van der Waals surface area contributed by atoms with Crippen LogP contribution in [-0.2, 0) is 9.59 Å². The predicted octanol–water partition coefficient (Wildman–Crippen LogP) is 0.819. The highest BCUT2D eigenvalue weighted by Gasteiger charge is 2.38. The van der Waals surface area contributed by atoms with E-state index in [1.54, 1.807) is 12.1 Å². The quantitative estimate of drug-likeness (QED) is 0.276. The number of hydrogen-bond acceptors (Lipinski definition) is 5. The van der Waals surface area contributed by atoms with Crippen molar-refractivity contribution in [2.24, 2.45) is 11.1 Å². The second-order valence-electron chi connectivity index (χ2n) is 4.05. The number of carbonyl (C=O) groups is 2. The van der Waals surface area contributed by atoms with Crippen LogP contribution in [0.2, 0.25) is 0 Å². The summed E-state index contributed by atoms with van der Waals surface area (Å²) >= 11 is 5.00. The molecule has 6 nitrogen and oxygen atoms in total. The van der Waals surface area contributed by atoms with Crippen molar-refractivity contribution < 1.29 is 14.8 Å². The van der Waals surface area contributed by atoms with Gasteiger partial charge in [0, 0.05) is 0 Å². The molecule has 1 aliphatic heterocycles. The number of benzene rings is 1. The molecule has 1 aliphatic rings. The maximum atomic E-state index is 12.2. The van der Waals surface area contributed by atoms with Crippen LogP contribution >= 0.6 is 12.2 Å². The lowest BCUT2D eigenvalue weighted by atomic mass is 10.1. The van der Waals surface area contributed by atoms with Crippen molar-refractivity contribution in [1.29, 1.82) is 0 Å². The Morgan fingerprint density at radius 2 is 2.00 bits per heavy atom. The van der Waals surface area contributed by atoms with Crippen LogP contribution in [0.15, 0.2) is 29.4 Å². The van der Waals surface area contributed by atoms with Crippen LogP contribution in [0.5, 0.6) is 0 Å². The molecular weight excluding hydrogens is 266 g/mol. The van der Waals surface area contributed by atoms with E-state index in [2.05, 4.69) is 10.5 Å². The van der Waals surface area contributed by atoms with E-state index in [1.807, 2.05) is 19.1 Å². The Balaban J connectivity index is 2.38. The molecule has 0 unspecified atom stereocenters. The third-order valence-corrected chi connectivity index (χ3v) is 2.99. The largest absolute Gasteiger partial charge is 0.411 e. The Hall–Kier alpha value is -2.28. The van der Waals surface area contributed by atoms with E-state index in [0.29, 0.717) is 5.69 Å². The summed E-state index contributed by atoms with van der Waals surface area (Å²) in [6, 6.07) is 7.11. The Morgan fingerprint density at radius 3 is 2.58 bits per heavy atom. The maximum Gasteiger partial charge on any atom is 0.251 e. The van der Waals surface area contributed by atoms with Crippen molar-refractivity contribution in [3.63, 3.8) is 0 Å². The van der Waals surface area contributed by atoms with Gasteiger partial charge < -0.3 is 10.5 Å². The monoisotopic (exact) mass is 277 g/mol. The van der Waals surface area contributed by atoms with E-state index >= 15 is 0 Å². The first-order valence-corrected chi connectivity index (χ1v) is 5.88. The average molecular weight is 277 g/mol. The summed E-state index contributed by atoms with van der Waals surface area (Å²) in [5.74, 6) is -2.33. The highest BCUT2D eigenvalue weighted by atomic mass is 32.1. The van der Waals surface area contributed by atoms with Gasteiger partial charge in [-0.05, 0) is 31.3 Å². The number of rotatable bonds is 2. The number of oxime groups is 1. The third kappa shape index (κ3) is 2.45. The third-order valence-electron chi connectivity index (χ3n) is 2.71. The Labute approximate surface area is 114 Å². The summed E-state index contributed by atoms with van der Waals surface area (Å²) in [5, 5.41) is 13.7. The maximum absolute atomic E-state index is 12.2. The summed E-state index contributed by atoms with van der Waals surface area (Å²) in [5.41, 5.74) is 1.59. The lowest BCUT2D eigenvalue weighted by Gasteiger charge is -2.30. The Morgan fingerprint density at radius 1 is 1.37 bits per heavy atom. The minimum atomic E-state index is -1.18. The van der Waals surface area contributed by atoms with Crippen LogP contribution in [-0.4, -0.2) is 28.3 Å². The number of nitrogens with zero attached hydrogens (tertiary/aromatic N) is 2. The molecule has 1 fully saturated rings. The highest BCUT2D eigenvalue weighted by molar-refractivity contribution is 7.80. The van der Waals surface area contributed by atoms with Gasteiger partial charge in [-0.2, -0.15) is 0 Å². The second kappa shape index (κ2) is 5.15. The van der Waals surface area contributed by atoms with Gasteiger partial charge in [0.1, 0.15) is 0 Å². The summed E-state index contributed by atoms with van der Waals surface area (Å²) in [6.45, 7) is 1.92. The molecule has 2 N–H and O–H groups in total. The van der Waals surface area contributed by atoms with Crippen molar-refractivity contribution in [3.8, 4) is 0 Å². The van der Waals surface area contributed by atoms with Crippen LogP contribution in [0.1, 0.15) is 5.56 Å². The Bertz CT molecular complexity index is 568. The van der Waals surface area contributed by atoms with Gasteiger partial charge >= 0.3 is 0 Å². The lowest BCUT2D eigenvalue weighted by molar-refractivity contribution is -0.130. The summed E-state index contributed by atoms with van der Waals surface area (Å²) in [7, 11) is 0. The van der Waals surface area contributed by atoms with Crippen LogP contribution < -0.4 is 10.2 Å². The van der Waals surface area contributed by atoms with E-state index in [9.17, 15) is 9.59 Å². The van der Waals surface area contributed by atoms with Gasteiger partial charge in [0.05, 0.1) is 11.9 Å². The van der Waals surface area contributed by atoms with Gasteiger partial charge in [0.2, 0.25) is 5.91 Å². The molecule has 0 saturated carbocycles. The Kier molecular flexibility index (Phi) is 3.57. The molecule has 1 atom stereocenters. The van der Waals surface area contributed by atoms with Crippen LogP contribution in [0.4, 0.5) is 5.69 Å². The van der Waals surface area contributed by atoms with E-state index in [0.717, 1.165) is 11.8 Å². The van der Waals surface area contributed by atoms with E-state index < -0.39 is 17.7 Å². The van der Waals surface area contributed by atoms with Gasteiger partial charge in [0.15, 0.2) is 11.0 Å². The fraction of sp³-hybridized carbons (Fsp3) is 0.167. The molecule has 98 valence electrons. The van der Waals surface area contributed by atoms with E-state index in [-0.39, 0.29) is 5.11 Å². The zero-order valence-electron chi connectivity index (χ0n) is 10.0. The molecule has 1 aromatic rings. The summed E-state index contributed by atoms with van der Waals surface area (Å²) < 4.78 is 0. The molecule has 1 aromatic carbocycles. The molecule has 7 heteroatoms. The number of anilines is 1. The molecule has 2 rings (SSSR count). The minimum Gasteiger partial charge on any atom is -0.411 e. The van der Waals surface area contributed by atoms with Crippen molar-refractivity contribution in [2.75, 3.05) is 4.90 Å². The molecular formula is C12H11N3O3S. The topological polar surface area (TPSA) is 82.0 Å². The SMILES string of the molecule is Cc1ccc(N2C(=O)[C@H](C=NO)C(=O)NC2=S)cc1. The van der Waals surface area contributed by atoms with Gasteiger partial charge in [-0.3, -0.25) is 14.5 Å². The number of carbonyl (C=O) groups excluding carboxylic acids is 2. The van der Waals surface area contributed by atoms with E-state index in [4.69, 9.17) is 17.4 Å². The lowest BCUT2D eigenvalue weighted by Crippen LogP contribution is -2.58. The number of hydrogen-bond donors (Lipinski definition) is 2. The minimum absolute atomic E-state index is 0.0152. The highest BCUT2D eigenvalue weighted by Crippen LogP contribution is 2.20. The fourth-order valence-corrected chi connectivity index (χ4v) is 2.02. The van der Waals surface area contributed by atoms with Gasteiger partial charge in [-0.1, -0.05) is 17.7 Å². The molecule has 0 aliphatic carbocycles. The summed E-state index contributed by atoms with van der Waals surface area (Å²) in [4.78, 5) is 25.0. The van der Waals surface area contributed by atoms with Crippen LogP contribution in [0.3, 0.4) is 0 Å². The second-order valence-corrected chi connectivity index (χ2v) is 4.43.